The molecule has 0 aromatic heterocycles. The molecule has 2 aromatic rings. The van der Waals surface area contributed by atoms with Gasteiger partial charge in [-0.2, -0.15) is 5.48 Å². The Balaban J connectivity index is 1.68. The van der Waals surface area contributed by atoms with E-state index in [1.54, 1.807) is 0 Å². The van der Waals surface area contributed by atoms with Crippen LogP contribution in [0.3, 0.4) is 0 Å². The first-order chi connectivity index (χ1) is 24.3. The number of methoxy groups -OCH3 is 2. The quantitative estimate of drug-likeness (QED) is 0.0832. The highest BCUT2D eigenvalue weighted by Crippen LogP contribution is 2.11. The summed E-state index contributed by atoms with van der Waals surface area (Å²) in [6.07, 6.45) is 4.56. The number of hydroxylamine groups is 1. The molecule has 0 radical (unpaired) electrons. The van der Waals surface area contributed by atoms with Gasteiger partial charge in [0.15, 0.2) is 0 Å². The van der Waals surface area contributed by atoms with Crippen LogP contribution in [-0.4, -0.2) is 103 Å². The first-order valence-electron chi connectivity index (χ1n) is 16.9. The molecule has 0 unspecified atom stereocenters. The van der Waals surface area contributed by atoms with Crippen molar-refractivity contribution in [3.8, 4) is 0 Å². The summed E-state index contributed by atoms with van der Waals surface area (Å²) in [7, 11) is 3.04. The van der Waals surface area contributed by atoms with Gasteiger partial charge in [-0.25, -0.2) is 4.79 Å². The molecular formula is C36H52N4O10. The third-order valence-corrected chi connectivity index (χ3v) is 7.29. The number of hydrogen-bond donors (Lipinski definition) is 4. The van der Waals surface area contributed by atoms with Crippen LogP contribution in [-0.2, 0) is 67.0 Å². The summed E-state index contributed by atoms with van der Waals surface area (Å²) in [5.41, 5.74) is 5.46. The maximum atomic E-state index is 12.9. The summed E-state index contributed by atoms with van der Waals surface area (Å²) in [4.78, 5) is 66.5. The van der Waals surface area contributed by atoms with E-state index in [2.05, 4.69) is 45.7 Å². The lowest BCUT2D eigenvalue weighted by molar-refractivity contribution is -0.158. The molecule has 0 heterocycles. The maximum absolute atomic E-state index is 12.9. The normalized spacial score (nSPS) is 11.3. The van der Waals surface area contributed by atoms with Crippen LogP contribution in [0.4, 0.5) is 0 Å². The van der Waals surface area contributed by atoms with Crippen molar-refractivity contribution in [3.05, 3.63) is 71.3 Å². The molecule has 276 valence electrons. The summed E-state index contributed by atoms with van der Waals surface area (Å²) in [6, 6.07) is 17.2. The van der Waals surface area contributed by atoms with Crippen LogP contribution in [0.25, 0.3) is 0 Å². The van der Waals surface area contributed by atoms with E-state index >= 15 is 0 Å². The largest absolute Gasteiger partial charge is 0.382 e. The standard InChI is InChI=1S/C36H52N4O10/c1-46-21-23-48-26-33(42)37-19-8-13-31(39-34(43)27-49-24-22-47-2)36(45)38-20-18-35(44)50-40-32(41)25-30-16-14-29(15-17-30)12-7-6-11-28-9-4-3-5-10-28/h3-5,9-10,14-17,31H,6-8,11-13,18-27H2,1-2H3,(H,37,42)(H,38,45)(H,39,43)(H,40,41)/t31-/m0/s1. The second kappa shape index (κ2) is 26.5. The number of unbranched alkanes of at least 4 members (excludes halogenated alkanes) is 1. The van der Waals surface area contributed by atoms with Crippen molar-refractivity contribution in [2.45, 2.75) is 57.4 Å². The highest BCUT2D eigenvalue weighted by molar-refractivity contribution is 5.88. The number of carbonyl (C=O) groups excluding carboxylic acids is 5. The van der Waals surface area contributed by atoms with Crippen molar-refractivity contribution in [3.63, 3.8) is 0 Å². The van der Waals surface area contributed by atoms with Gasteiger partial charge in [0.05, 0.1) is 39.3 Å². The number of benzene rings is 2. The zero-order valence-corrected chi connectivity index (χ0v) is 29.2. The lowest BCUT2D eigenvalue weighted by Crippen LogP contribution is -2.48. The molecule has 0 aliphatic rings. The Bertz CT molecular complexity index is 1280. The summed E-state index contributed by atoms with van der Waals surface area (Å²) < 4.78 is 20.1. The number of aryl methyl sites for hydroxylation is 2. The summed E-state index contributed by atoms with van der Waals surface area (Å²) in [5, 5.41) is 7.89. The van der Waals surface area contributed by atoms with E-state index in [0.717, 1.165) is 31.2 Å². The van der Waals surface area contributed by atoms with Crippen molar-refractivity contribution in [2.75, 3.05) is 67.0 Å². The average molecular weight is 701 g/mol. The minimum Gasteiger partial charge on any atom is -0.382 e. The SMILES string of the molecule is COCCOCC(=O)NCCC[C@H](NC(=O)COCCOC)C(=O)NCCC(=O)ONC(=O)Cc1ccc(CCCCc2ccccc2)cc1. The molecule has 0 saturated heterocycles. The Hall–Kier alpha value is -4.37. The molecule has 2 aromatic carbocycles. The first kappa shape index (κ1) is 41.8. The van der Waals surface area contributed by atoms with Crippen LogP contribution in [0.1, 0.15) is 48.8 Å². The number of nitrogens with one attached hydrogen (secondary N) is 4. The summed E-state index contributed by atoms with van der Waals surface area (Å²) in [5.74, 6) is -2.58. The monoisotopic (exact) mass is 700 g/mol. The van der Waals surface area contributed by atoms with Crippen molar-refractivity contribution in [1.82, 2.24) is 21.4 Å². The lowest BCUT2D eigenvalue weighted by atomic mass is 10.0. The van der Waals surface area contributed by atoms with Gasteiger partial charge in [0, 0.05) is 27.3 Å². The third-order valence-electron chi connectivity index (χ3n) is 7.29. The Kier molecular flexibility index (Phi) is 22.1. The number of carbonyl (C=O) groups is 5. The average Bonchev–Trinajstić information content (AvgIpc) is 3.12. The fourth-order valence-corrected chi connectivity index (χ4v) is 4.63. The van der Waals surface area contributed by atoms with Crippen molar-refractivity contribution in [1.29, 1.82) is 0 Å². The van der Waals surface area contributed by atoms with Gasteiger partial charge in [-0.1, -0.05) is 54.6 Å². The number of amides is 4. The molecule has 0 fully saturated rings. The molecule has 14 heteroatoms. The van der Waals surface area contributed by atoms with Gasteiger partial charge in [0.25, 0.3) is 5.91 Å². The van der Waals surface area contributed by atoms with Crippen molar-refractivity contribution >= 4 is 29.6 Å². The zero-order valence-electron chi connectivity index (χ0n) is 29.2. The van der Waals surface area contributed by atoms with E-state index < -0.39 is 29.7 Å². The van der Waals surface area contributed by atoms with Crippen LogP contribution >= 0.6 is 0 Å². The van der Waals surface area contributed by atoms with Gasteiger partial charge in [0.2, 0.25) is 17.7 Å². The van der Waals surface area contributed by atoms with Crippen molar-refractivity contribution in [2.24, 2.45) is 0 Å². The van der Waals surface area contributed by atoms with E-state index in [-0.39, 0.29) is 64.7 Å². The molecule has 0 aliphatic carbocycles. The maximum Gasteiger partial charge on any atom is 0.334 e. The molecule has 1 atom stereocenters. The van der Waals surface area contributed by atoms with Gasteiger partial charge in [-0.05, 0) is 55.2 Å². The summed E-state index contributed by atoms with van der Waals surface area (Å²) in [6.45, 7) is 0.948. The third kappa shape index (κ3) is 20.2. The predicted molar refractivity (Wildman–Crippen MR) is 185 cm³/mol. The van der Waals surface area contributed by atoms with E-state index in [1.807, 2.05) is 30.3 Å². The molecule has 0 aliphatic heterocycles. The van der Waals surface area contributed by atoms with Crippen LogP contribution in [0.2, 0.25) is 0 Å². The van der Waals surface area contributed by atoms with Crippen LogP contribution in [0.5, 0.6) is 0 Å². The minimum atomic E-state index is -0.945. The van der Waals surface area contributed by atoms with Gasteiger partial charge in [-0.3, -0.25) is 19.2 Å². The predicted octanol–water partition coefficient (Wildman–Crippen LogP) is 1.58. The minimum absolute atomic E-state index is 0.0379. The topological polar surface area (TPSA) is 180 Å². The van der Waals surface area contributed by atoms with Crippen LogP contribution < -0.4 is 21.4 Å². The highest BCUT2D eigenvalue weighted by Gasteiger charge is 2.21. The molecule has 0 spiro atoms. The molecule has 0 bridgehead atoms. The fourth-order valence-electron chi connectivity index (χ4n) is 4.63. The zero-order chi connectivity index (χ0) is 36.2. The van der Waals surface area contributed by atoms with Gasteiger partial charge in [0.1, 0.15) is 19.3 Å². The molecule has 50 heavy (non-hydrogen) atoms. The Morgan fingerprint density at radius 1 is 0.640 bits per heavy atom. The Morgan fingerprint density at radius 2 is 1.24 bits per heavy atom. The van der Waals surface area contributed by atoms with Crippen molar-refractivity contribution < 1.29 is 47.8 Å². The van der Waals surface area contributed by atoms with E-state index in [1.165, 1.54) is 25.3 Å². The van der Waals surface area contributed by atoms with Gasteiger partial charge >= 0.3 is 5.97 Å². The highest BCUT2D eigenvalue weighted by atomic mass is 16.7. The lowest BCUT2D eigenvalue weighted by Gasteiger charge is -2.19. The van der Waals surface area contributed by atoms with Gasteiger partial charge < -0.3 is 39.7 Å². The second-order valence-corrected chi connectivity index (χ2v) is 11.4. The molecular weight excluding hydrogens is 648 g/mol. The summed E-state index contributed by atoms with van der Waals surface area (Å²) >= 11 is 0. The Morgan fingerprint density at radius 3 is 1.88 bits per heavy atom. The van der Waals surface area contributed by atoms with E-state index in [9.17, 15) is 24.0 Å². The molecule has 4 N–H and O–H groups in total. The number of ether oxygens (including phenoxy) is 4. The van der Waals surface area contributed by atoms with Crippen LogP contribution in [0, 0.1) is 0 Å². The molecule has 14 nitrogen and oxygen atoms in total. The van der Waals surface area contributed by atoms with Crippen LogP contribution in [0.15, 0.2) is 54.6 Å². The first-order valence-corrected chi connectivity index (χ1v) is 16.9. The molecule has 4 amide bonds. The Labute approximate surface area is 294 Å². The smallest absolute Gasteiger partial charge is 0.334 e. The van der Waals surface area contributed by atoms with E-state index in [4.69, 9.17) is 23.8 Å². The van der Waals surface area contributed by atoms with E-state index in [0.29, 0.717) is 19.6 Å². The fraction of sp³-hybridized carbons (Fsp3) is 0.528. The number of rotatable bonds is 26. The molecule has 2 rings (SSSR count). The van der Waals surface area contributed by atoms with Gasteiger partial charge in [-0.15, -0.1) is 0 Å². The molecule has 0 saturated carbocycles. The second-order valence-electron chi connectivity index (χ2n) is 11.4. The number of hydrogen-bond acceptors (Lipinski definition) is 10.